The highest BCUT2D eigenvalue weighted by Crippen LogP contribution is 2.35. The fraction of sp³-hybridized carbons (Fsp3) is 0.258. The van der Waals surface area contributed by atoms with Gasteiger partial charge < -0.3 is 14.8 Å². The Morgan fingerprint density at radius 1 is 0.947 bits per heavy atom. The largest absolute Gasteiger partial charge is 0.489 e. The first-order valence-electron chi connectivity index (χ1n) is 12.7. The fourth-order valence-electron chi connectivity index (χ4n) is 3.89. The molecule has 0 saturated carbocycles. The van der Waals surface area contributed by atoms with Crippen LogP contribution in [0, 0.1) is 13.8 Å². The summed E-state index contributed by atoms with van der Waals surface area (Å²) in [5.74, 6) is 1.51. The Balaban J connectivity index is 1.66. The topological polar surface area (TPSA) is 82.5 Å². The number of ether oxygens (including phenoxy) is 2. The minimum Gasteiger partial charge on any atom is -0.489 e. The van der Waals surface area contributed by atoms with E-state index in [-0.39, 0.29) is 17.8 Å². The highest BCUT2D eigenvalue weighted by atomic mass is 16.5. The van der Waals surface area contributed by atoms with E-state index in [1.165, 1.54) is 6.92 Å². The lowest BCUT2D eigenvalue weighted by Gasteiger charge is -2.14. The molecule has 4 rings (SSSR count). The molecule has 1 N–H and O–H groups in total. The zero-order valence-electron chi connectivity index (χ0n) is 22.4. The molecule has 0 atom stereocenters. The molecule has 38 heavy (non-hydrogen) atoms. The normalized spacial score (nSPS) is 10.9. The van der Waals surface area contributed by atoms with Gasteiger partial charge in [-0.1, -0.05) is 35.9 Å². The second-order valence-corrected chi connectivity index (χ2v) is 9.63. The van der Waals surface area contributed by atoms with Crippen LogP contribution in [0.2, 0.25) is 0 Å². The van der Waals surface area contributed by atoms with Crippen molar-refractivity contribution in [2.45, 2.75) is 47.1 Å². The third kappa shape index (κ3) is 6.68. The van der Waals surface area contributed by atoms with Gasteiger partial charge in [0.1, 0.15) is 23.0 Å². The van der Waals surface area contributed by atoms with Crippen molar-refractivity contribution in [1.29, 1.82) is 0 Å². The summed E-state index contributed by atoms with van der Waals surface area (Å²) in [7, 11) is 0. The van der Waals surface area contributed by atoms with Gasteiger partial charge in [0.15, 0.2) is 0 Å². The smallest absolute Gasteiger partial charge is 0.251 e. The average Bonchev–Trinajstić information content (AvgIpc) is 3.29. The summed E-state index contributed by atoms with van der Waals surface area (Å²) < 4.78 is 14.1. The molecule has 0 fully saturated rings. The molecule has 1 amide bonds. The van der Waals surface area contributed by atoms with Crippen LogP contribution in [0.1, 0.15) is 48.7 Å². The quantitative estimate of drug-likeness (QED) is 0.265. The van der Waals surface area contributed by atoms with Crippen LogP contribution >= 0.6 is 0 Å². The Morgan fingerprint density at radius 3 is 2.29 bits per heavy atom. The maximum Gasteiger partial charge on any atom is 0.251 e. The van der Waals surface area contributed by atoms with Crippen molar-refractivity contribution in [3.63, 3.8) is 0 Å². The minimum atomic E-state index is -0.237. The Labute approximate surface area is 223 Å². The average molecular weight is 512 g/mol. The number of carbonyl (C=O) groups excluding carboxylic acids is 2. The van der Waals surface area contributed by atoms with Gasteiger partial charge in [0, 0.05) is 24.7 Å². The van der Waals surface area contributed by atoms with Gasteiger partial charge in [-0.3, -0.25) is 9.59 Å². The van der Waals surface area contributed by atoms with Gasteiger partial charge in [-0.05, 0) is 82.1 Å². The van der Waals surface area contributed by atoms with Crippen LogP contribution in [0.25, 0.3) is 16.8 Å². The number of rotatable bonds is 10. The molecule has 0 radical (unpaired) electrons. The summed E-state index contributed by atoms with van der Waals surface area (Å²) >= 11 is 0. The number of nitrogens with zero attached hydrogens (tertiary/aromatic N) is 2. The highest BCUT2D eigenvalue weighted by molar-refractivity contribution is 5.94. The monoisotopic (exact) mass is 511 g/mol. The predicted molar refractivity (Wildman–Crippen MR) is 148 cm³/mol. The van der Waals surface area contributed by atoms with Crippen LogP contribution in [0.5, 0.6) is 17.4 Å². The van der Waals surface area contributed by atoms with Crippen LogP contribution in [0.3, 0.4) is 0 Å². The molecule has 0 aliphatic carbocycles. The Kier molecular flexibility index (Phi) is 8.26. The summed E-state index contributed by atoms with van der Waals surface area (Å²) in [5.41, 5.74) is 5.35. The first-order valence-corrected chi connectivity index (χ1v) is 12.7. The molecule has 196 valence electrons. The van der Waals surface area contributed by atoms with Crippen LogP contribution < -0.4 is 14.8 Å². The number of ketones is 1. The number of nitrogens with one attached hydrogen (secondary N) is 1. The molecule has 7 heteroatoms. The van der Waals surface area contributed by atoms with Crippen molar-refractivity contribution in [2.24, 2.45) is 0 Å². The molecule has 7 nitrogen and oxygen atoms in total. The highest BCUT2D eigenvalue weighted by Gasteiger charge is 2.18. The molecule has 4 aromatic rings. The molecule has 1 aromatic heterocycles. The summed E-state index contributed by atoms with van der Waals surface area (Å²) in [6.07, 6.45) is 2.26. The fourth-order valence-corrected chi connectivity index (χ4v) is 3.89. The van der Waals surface area contributed by atoms with Crippen LogP contribution in [-0.4, -0.2) is 34.1 Å². The van der Waals surface area contributed by atoms with Crippen LogP contribution in [0.15, 0.2) is 72.9 Å². The van der Waals surface area contributed by atoms with Gasteiger partial charge in [-0.2, -0.15) is 0 Å². The maximum atomic E-state index is 12.4. The molecule has 0 unspecified atom stereocenters. The molecule has 0 spiro atoms. The molecule has 0 aliphatic heterocycles. The second-order valence-electron chi connectivity index (χ2n) is 9.63. The third-order valence-electron chi connectivity index (χ3n) is 5.86. The van der Waals surface area contributed by atoms with E-state index in [2.05, 4.69) is 17.4 Å². The summed E-state index contributed by atoms with van der Waals surface area (Å²) in [4.78, 5) is 23.5. The predicted octanol–water partition coefficient (Wildman–Crippen LogP) is 6.44. The van der Waals surface area contributed by atoms with E-state index in [0.29, 0.717) is 30.2 Å². The van der Waals surface area contributed by atoms with Crippen molar-refractivity contribution in [2.75, 3.05) is 6.54 Å². The lowest BCUT2D eigenvalue weighted by Crippen LogP contribution is -2.25. The Hall–Kier alpha value is -4.39. The third-order valence-corrected chi connectivity index (χ3v) is 5.86. The molecular formula is C31H33N3O4. The minimum absolute atomic E-state index is 0.0116. The number of Topliss-reactive ketones (excluding diaryl/α,β-unsaturated/α-hetero) is 1. The molecule has 0 saturated heterocycles. The van der Waals surface area contributed by atoms with Crippen molar-refractivity contribution in [3.8, 4) is 34.2 Å². The van der Waals surface area contributed by atoms with E-state index in [9.17, 15) is 9.59 Å². The van der Waals surface area contributed by atoms with E-state index in [1.54, 1.807) is 28.9 Å². The van der Waals surface area contributed by atoms with Gasteiger partial charge in [-0.25, -0.2) is 4.68 Å². The van der Waals surface area contributed by atoms with E-state index >= 15 is 0 Å². The van der Waals surface area contributed by atoms with Gasteiger partial charge in [0.05, 0.1) is 11.7 Å². The lowest BCUT2D eigenvalue weighted by atomic mass is 10.1. The van der Waals surface area contributed by atoms with E-state index in [4.69, 9.17) is 14.6 Å². The second kappa shape index (κ2) is 11.8. The van der Waals surface area contributed by atoms with Gasteiger partial charge in [0.2, 0.25) is 5.88 Å². The summed E-state index contributed by atoms with van der Waals surface area (Å²) in [6.45, 7) is 9.87. The molecule has 0 aliphatic rings. The number of carbonyl (C=O) groups is 2. The number of aromatic nitrogens is 2. The first-order chi connectivity index (χ1) is 18.2. The van der Waals surface area contributed by atoms with Crippen molar-refractivity contribution in [1.82, 2.24) is 15.1 Å². The van der Waals surface area contributed by atoms with Gasteiger partial charge in [0.25, 0.3) is 5.91 Å². The van der Waals surface area contributed by atoms with Gasteiger partial charge in [-0.15, -0.1) is 5.10 Å². The molecule has 3 aromatic carbocycles. The number of benzene rings is 3. The van der Waals surface area contributed by atoms with Crippen molar-refractivity contribution in [3.05, 3.63) is 89.6 Å². The maximum absolute atomic E-state index is 12.4. The van der Waals surface area contributed by atoms with E-state index in [1.807, 2.05) is 64.2 Å². The van der Waals surface area contributed by atoms with E-state index < -0.39 is 0 Å². The molecular weight excluding hydrogens is 478 g/mol. The first kappa shape index (κ1) is 26.7. The number of amides is 1. The number of hydrogen-bond donors (Lipinski definition) is 1. The lowest BCUT2D eigenvalue weighted by molar-refractivity contribution is -0.116. The van der Waals surface area contributed by atoms with E-state index in [0.717, 1.165) is 33.7 Å². The molecule has 1 heterocycles. The standard InChI is InChI=1S/C31H33N3O4/c1-20(2)37-29-15-8-22(4)18-28(29)34-19-27(24-9-6-21(3)7-10-24)31(33-34)38-26-13-11-25(12-14-26)30(36)32-17-16-23(5)35/h6-15,18-20H,16-17H2,1-5H3,(H,32,36). The summed E-state index contributed by atoms with van der Waals surface area (Å²) in [6, 6.07) is 21.0. The Morgan fingerprint density at radius 2 is 1.63 bits per heavy atom. The van der Waals surface area contributed by atoms with Crippen LogP contribution in [-0.2, 0) is 4.79 Å². The summed E-state index contributed by atoms with van der Waals surface area (Å²) in [5, 5.41) is 7.55. The zero-order chi connectivity index (χ0) is 27.2. The Bertz CT molecular complexity index is 1420. The number of aryl methyl sites for hydroxylation is 2. The van der Waals surface area contributed by atoms with Gasteiger partial charge >= 0.3 is 0 Å². The number of hydrogen-bond acceptors (Lipinski definition) is 5. The van der Waals surface area contributed by atoms with Crippen LogP contribution in [0.4, 0.5) is 0 Å². The zero-order valence-corrected chi connectivity index (χ0v) is 22.4. The van der Waals surface area contributed by atoms with Crippen molar-refractivity contribution < 1.29 is 19.1 Å². The molecule has 0 bridgehead atoms. The van der Waals surface area contributed by atoms with Crippen molar-refractivity contribution >= 4 is 11.7 Å². The SMILES string of the molecule is CC(=O)CCNC(=O)c1ccc(Oc2nn(-c3cc(C)ccc3OC(C)C)cc2-c2ccc(C)cc2)cc1.